The lowest BCUT2D eigenvalue weighted by molar-refractivity contribution is 0.166. The number of thiophene rings is 1. The molecule has 3 heteroatoms. The molecular weight excluding hydrogens is 216 g/mol. The maximum Gasteiger partial charge on any atom is 0.0562 e. The van der Waals surface area contributed by atoms with Crippen molar-refractivity contribution < 1.29 is 0 Å². The second-order valence-electron chi connectivity index (χ2n) is 4.94. The van der Waals surface area contributed by atoms with Gasteiger partial charge in [0.25, 0.3) is 0 Å². The van der Waals surface area contributed by atoms with Crippen LogP contribution in [0.2, 0.25) is 0 Å². The van der Waals surface area contributed by atoms with Crippen LogP contribution in [0.1, 0.15) is 35.1 Å². The Morgan fingerprint density at radius 2 is 2.25 bits per heavy atom. The molecule has 90 valence electrons. The molecule has 1 aromatic rings. The van der Waals surface area contributed by atoms with Gasteiger partial charge >= 0.3 is 0 Å². The molecule has 0 aliphatic heterocycles. The highest BCUT2D eigenvalue weighted by molar-refractivity contribution is 7.12. The Balaban J connectivity index is 1.97. The zero-order chi connectivity index (χ0) is 11.5. The molecule has 1 heterocycles. The first-order valence-corrected chi connectivity index (χ1v) is 6.99. The molecule has 0 radical (unpaired) electrons. The predicted molar refractivity (Wildman–Crippen MR) is 70.8 cm³/mol. The Labute approximate surface area is 102 Å². The van der Waals surface area contributed by atoms with E-state index in [1.807, 2.05) is 11.3 Å². The predicted octanol–water partition coefficient (Wildman–Crippen LogP) is 2.79. The zero-order valence-electron chi connectivity index (χ0n) is 10.3. The molecule has 1 fully saturated rings. The van der Waals surface area contributed by atoms with Crippen molar-refractivity contribution in [1.29, 1.82) is 0 Å². The maximum atomic E-state index is 5.92. The van der Waals surface area contributed by atoms with E-state index in [1.165, 1.54) is 35.6 Å². The number of nitrogens with two attached hydrogens (primary N) is 1. The van der Waals surface area contributed by atoms with Crippen LogP contribution in [-0.2, 0) is 0 Å². The summed E-state index contributed by atoms with van der Waals surface area (Å²) in [6.45, 7) is 4.09. The smallest absolute Gasteiger partial charge is 0.0562 e. The Kier molecular flexibility index (Phi) is 4.00. The van der Waals surface area contributed by atoms with Gasteiger partial charge in [-0.3, -0.25) is 4.90 Å². The Hall–Kier alpha value is -0.380. The molecule has 2 N–H and O–H groups in total. The van der Waals surface area contributed by atoms with E-state index in [1.54, 1.807) is 0 Å². The van der Waals surface area contributed by atoms with Crippen molar-refractivity contribution >= 4 is 11.3 Å². The Morgan fingerprint density at radius 1 is 1.50 bits per heavy atom. The zero-order valence-corrected chi connectivity index (χ0v) is 11.1. The van der Waals surface area contributed by atoms with Crippen LogP contribution in [0.5, 0.6) is 0 Å². The number of nitrogens with zero attached hydrogens (tertiary/aromatic N) is 1. The van der Waals surface area contributed by atoms with Gasteiger partial charge in [-0.2, -0.15) is 0 Å². The molecule has 0 bridgehead atoms. The summed E-state index contributed by atoms with van der Waals surface area (Å²) >= 11 is 1.88. The van der Waals surface area contributed by atoms with Crippen molar-refractivity contribution in [2.75, 3.05) is 20.1 Å². The van der Waals surface area contributed by atoms with Crippen molar-refractivity contribution in [3.05, 3.63) is 21.9 Å². The third-order valence-electron chi connectivity index (χ3n) is 3.62. The van der Waals surface area contributed by atoms with Crippen LogP contribution in [0.25, 0.3) is 0 Å². The minimum atomic E-state index is 0.416. The summed E-state index contributed by atoms with van der Waals surface area (Å²) in [6, 6.07) is 4.84. The van der Waals surface area contributed by atoms with E-state index in [2.05, 4.69) is 31.0 Å². The van der Waals surface area contributed by atoms with Gasteiger partial charge in [0.05, 0.1) is 6.04 Å². The number of rotatable bonds is 5. The minimum absolute atomic E-state index is 0.416. The van der Waals surface area contributed by atoms with Crippen LogP contribution in [0.15, 0.2) is 12.1 Å². The lowest BCUT2D eigenvalue weighted by Gasteiger charge is -2.34. The molecule has 0 spiro atoms. The van der Waals surface area contributed by atoms with Crippen LogP contribution >= 0.6 is 11.3 Å². The van der Waals surface area contributed by atoms with E-state index in [-0.39, 0.29) is 0 Å². The van der Waals surface area contributed by atoms with Gasteiger partial charge in [-0.15, -0.1) is 11.3 Å². The first-order chi connectivity index (χ1) is 7.70. The first-order valence-electron chi connectivity index (χ1n) is 6.17. The fraction of sp³-hybridized carbons (Fsp3) is 0.692. The van der Waals surface area contributed by atoms with E-state index in [0.717, 1.165) is 12.5 Å². The van der Waals surface area contributed by atoms with Crippen molar-refractivity contribution in [1.82, 2.24) is 4.90 Å². The molecule has 1 aliphatic carbocycles. The standard InChI is InChI=1S/C13H22N2S/c1-10-6-7-13(16-10)12(8-14)15(2)9-11-4-3-5-11/h6-7,11-12H,3-5,8-9,14H2,1-2H3. The molecule has 2 nitrogen and oxygen atoms in total. The SMILES string of the molecule is Cc1ccc(C(CN)N(C)CC2CCC2)s1. The molecule has 1 unspecified atom stereocenters. The quantitative estimate of drug-likeness (QED) is 0.854. The highest BCUT2D eigenvalue weighted by Gasteiger charge is 2.23. The number of likely N-dealkylation sites (N-methyl/N-ethyl adjacent to an activating group) is 1. The van der Waals surface area contributed by atoms with Crippen LogP contribution in [0.4, 0.5) is 0 Å². The molecule has 0 aromatic carbocycles. The molecule has 1 aromatic heterocycles. The maximum absolute atomic E-state index is 5.92. The van der Waals surface area contributed by atoms with Gasteiger partial charge in [-0.1, -0.05) is 6.42 Å². The summed E-state index contributed by atoms with van der Waals surface area (Å²) in [6.07, 6.45) is 4.24. The summed E-state index contributed by atoms with van der Waals surface area (Å²) in [5.41, 5.74) is 5.92. The average Bonchev–Trinajstić information content (AvgIpc) is 2.60. The summed E-state index contributed by atoms with van der Waals surface area (Å²) < 4.78 is 0. The van der Waals surface area contributed by atoms with E-state index < -0.39 is 0 Å². The third kappa shape index (κ3) is 2.65. The van der Waals surface area contributed by atoms with Gasteiger partial charge in [0, 0.05) is 22.8 Å². The van der Waals surface area contributed by atoms with Crippen molar-refractivity contribution in [3.63, 3.8) is 0 Å². The Morgan fingerprint density at radius 3 is 2.69 bits per heavy atom. The average molecular weight is 238 g/mol. The van der Waals surface area contributed by atoms with Gasteiger partial charge in [0.2, 0.25) is 0 Å². The molecule has 2 rings (SSSR count). The first kappa shape index (κ1) is 12.1. The van der Waals surface area contributed by atoms with Crippen LogP contribution in [0, 0.1) is 12.8 Å². The number of hydrogen-bond acceptors (Lipinski definition) is 3. The van der Waals surface area contributed by atoms with Gasteiger partial charge < -0.3 is 5.73 Å². The summed E-state index contributed by atoms with van der Waals surface area (Å²) in [4.78, 5) is 5.24. The van der Waals surface area contributed by atoms with E-state index in [4.69, 9.17) is 5.73 Å². The summed E-state index contributed by atoms with van der Waals surface area (Å²) in [7, 11) is 2.21. The fourth-order valence-corrected chi connectivity index (χ4v) is 3.41. The molecule has 1 aliphatic rings. The van der Waals surface area contributed by atoms with Gasteiger partial charge in [0.1, 0.15) is 0 Å². The van der Waals surface area contributed by atoms with E-state index >= 15 is 0 Å². The van der Waals surface area contributed by atoms with E-state index in [0.29, 0.717) is 6.04 Å². The molecular formula is C13H22N2S. The topological polar surface area (TPSA) is 29.3 Å². The number of hydrogen-bond donors (Lipinski definition) is 1. The van der Waals surface area contributed by atoms with Gasteiger partial charge in [-0.25, -0.2) is 0 Å². The highest BCUT2D eigenvalue weighted by Crippen LogP contribution is 2.31. The van der Waals surface area contributed by atoms with Crippen LogP contribution in [0.3, 0.4) is 0 Å². The summed E-state index contributed by atoms with van der Waals surface area (Å²) in [5, 5.41) is 0. The second-order valence-corrected chi connectivity index (χ2v) is 6.26. The van der Waals surface area contributed by atoms with Gasteiger partial charge in [0.15, 0.2) is 0 Å². The minimum Gasteiger partial charge on any atom is -0.329 e. The highest BCUT2D eigenvalue weighted by atomic mass is 32.1. The second kappa shape index (κ2) is 5.30. The molecule has 1 atom stereocenters. The monoisotopic (exact) mass is 238 g/mol. The Bertz CT molecular complexity index is 330. The fourth-order valence-electron chi connectivity index (χ4n) is 2.36. The third-order valence-corrected chi connectivity index (χ3v) is 4.72. The molecule has 0 amide bonds. The van der Waals surface area contributed by atoms with Crippen LogP contribution in [-0.4, -0.2) is 25.0 Å². The van der Waals surface area contributed by atoms with Crippen LogP contribution < -0.4 is 5.73 Å². The molecule has 1 saturated carbocycles. The van der Waals surface area contributed by atoms with Gasteiger partial charge in [-0.05, 0) is 44.9 Å². The molecule has 16 heavy (non-hydrogen) atoms. The number of aryl methyl sites for hydroxylation is 1. The van der Waals surface area contributed by atoms with Crippen molar-refractivity contribution in [2.45, 2.75) is 32.2 Å². The lowest BCUT2D eigenvalue weighted by Crippen LogP contribution is -2.35. The van der Waals surface area contributed by atoms with E-state index in [9.17, 15) is 0 Å². The van der Waals surface area contributed by atoms with Crippen molar-refractivity contribution in [3.8, 4) is 0 Å². The normalized spacial score (nSPS) is 18.8. The largest absolute Gasteiger partial charge is 0.329 e. The van der Waals surface area contributed by atoms with Crippen molar-refractivity contribution in [2.24, 2.45) is 11.7 Å². The lowest BCUT2D eigenvalue weighted by atomic mass is 9.85. The molecule has 0 saturated heterocycles. The summed E-state index contributed by atoms with van der Waals surface area (Å²) in [5.74, 6) is 0.917.